The van der Waals surface area contributed by atoms with Crippen molar-refractivity contribution in [3.05, 3.63) is 63.4 Å². The van der Waals surface area contributed by atoms with E-state index in [1.165, 1.54) is 12.1 Å². The van der Waals surface area contributed by atoms with Gasteiger partial charge in [-0.2, -0.15) is 0 Å². The molecule has 7 heteroatoms. The number of fused-ring (bicyclic) bond motifs is 1. The van der Waals surface area contributed by atoms with Crippen molar-refractivity contribution in [1.82, 2.24) is 9.55 Å². The molecule has 0 amide bonds. The van der Waals surface area contributed by atoms with Gasteiger partial charge in [0, 0.05) is 24.2 Å². The van der Waals surface area contributed by atoms with Gasteiger partial charge in [-0.1, -0.05) is 11.6 Å². The lowest BCUT2D eigenvalue weighted by molar-refractivity contribution is -0.384. The first-order valence-corrected chi connectivity index (χ1v) is 6.90. The molecule has 3 rings (SSSR count). The van der Waals surface area contributed by atoms with Gasteiger partial charge < -0.3 is 9.30 Å². The summed E-state index contributed by atoms with van der Waals surface area (Å²) in [7, 11) is 1.85. The molecular formula is C15H12ClN3O3. The Kier molecular flexibility index (Phi) is 3.68. The van der Waals surface area contributed by atoms with Gasteiger partial charge in [-0.25, -0.2) is 4.98 Å². The highest BCUT2D eigenvalue weighted by molar-refractivity contribution is 6.30. The molecule has 112 valence electrons. The van der Waals surface area contributed by atoms with Crippen molar-refractivity contribution >= 4 is 28.3 Å². The number of hydrogen-bond acceptors (Lipinski definition) is 4. The minimum Gasteiger partial charge on any atom is -0.486 e. The van der Waals surface area contributed by atoms with E-state index in [9.17, 15) is 10.1 Å². The second-order valence-electron chi connectivity index (χ2n) is 4.76. The fourth-order valence-corrected chi connectivity index (χ4v) is 2.29. The zero-order valence-electron chi connectivity index (χ0n) is 11.7. The molecule has 0 N–H and O–H groups in total. The van der Waals surface area contributed by atoms with Crippen LogP contribution in [0.3, 0.4) is 0 Å². The van der Waals surface area contributed by atoms with E-state index in [2.05, 4.69) is 4.98 Å². The van der Waals surface area contributed by atoms with E-state index in [0.29, 0.717) is 22.1 Å². The quantitative estimate of drug-likeness (QED) is 0.543. The zero-order valence-corrected chi connectivity index (χ0v) is 12.4. The first-order valence-electron chi connectivity index (χ1n) is 6.53. The molecule has 0 saturated carbocycles. The van der Waals surface area contributed by atoms with Crippen molar-refractivity contribution < 1.29 is 9.66 Å². The largest absolute Gasteiger partial charge is 0.486 e. The number of imidazole rings is 1. The first-order chi connectivity index (χ1) is 10.5. The zero-order chi connectivity index (χ0) is 15.7. The normalized spacial score (nSPS) is 10.8. The Bertz CT molecular complexity index is 843. The summed E-state index contributed by atoms with van der Waals surface area (Å²) in [5, 5.41) is 11.5. The fraction of sp³-hybridized carbons (Fsp3) is 0.133. The average Bonchev–Trinajstić information content (AvgIpc) is 2.82. The van der Waals surface area contributed by atoms with Gasteiger partial charge in [0.25, 0.3) is 5.69 Å². The van der Waals surface area contributed by atoms with Crippen LogP contribution < -0.4 is 4.74 Å². The molecule has 6 nitrogen and oxygen atoms in total. The molecule has 22 heavy (non-hydrogen) atoms. The number of benzene rings is 2. The summed E-state index contributed by atoms with van der Waals surface area (Å²) in [6.07, 6.45) is 0. The Morgan fingerprint density at radius 2 is 2.00 bits per heavy atom. The number of nitro groups is 1. The van der Waals surface area contributed by atoms with Crippen molar-refractivity contribution in [2.75, 3.05) is 0 Å². The highest BCUT2D eigenvalue weighted by Gasteiger charge is 2.13. The van der Waals surface area contributed by atoms with Crippen LogP contribution in [0.2, 0.25) is 5.02 Å². The molecule has 0 bridgehead atoms. The van der Waals surface area contributed by atoms with E-state index in [1.54, 1.807) is 30.3 Å². The monoisotopic (exact) mass is 317 g/mol. The smallest absolute Gasteiger partial charge is 0.271 e. The summed E-state index contributed by atoms with van der Waals surface area (Å²) in [6.45, 7) is 0.264. The first kappa shape index (κ1) is 14.3. The lowest BCUT2D eigenvalue weighted by atomic mass is 10.3. The van der Waals surface area contributed by atoms with Crippen LogP contribution >= 0.6 is 11.6 Å². The maximum atomic E-state index is 10.8. The Balaban J connectivity index is 1.86. The Morgan fingerprint density at radius 3 is 2.68 bits per heavy atom. The summed E-state index contributed by atoms with van der Waals surface area (Å²) in [6, 6.07) is 11.7. The van der Waals surface area contributed by atoms with Crippen LogP contribution in [-0.4, -0.2) is 14.5 Å². The molecule has 1 heterocycles. The van der Waals surface area contributed by atoms with E-state index in [-0.39, 0.29) is 12.3 Å². The third-order valence-corrected chi connectivity index (χ3v) is 3.60. The third-order valence-electron chi connectivity index (χ3n) is 3.35. The molecule has 1 aromatic heterocycles. The SMILES string of the molecule is Cn1c(COc2ccc(Cl)cc2)nc2cc([N+](=O)[O-])ccc21. The van der Waals surface area contributed by atoms with Crippen LogP contribution in [-0.2, 0) is 13.7 Å². The molecule has 3 aromatic rings. The maximum absolute atomic E-state index is 10.8. The second-order valence-corrected chi connectivity index (χ2v) is 5.20. The topological polar surface area (TPSA) is 70.2 Å². The van der Waals surface area contributed by atoms with Gasteiger partial charge >= 0.3 is 0 Å². The van der Waals surface area contributed by atoms with Crippen molar-refractivity contribution in [3.8, 4) is 5.75 Å². The predicted octanol–water partition coefficient (Wildman–Crippen LogP) is 3.71. The lowest BCUT2D eigenvalue weighted by Gasteiger charge is -2.06. The number of rotatable bonds is 4. The maximum Gasteiger partial charge on any atom is 0.271 e. The number of hydrogen-bond donors (Lipinski definition) is 0. The summed E-state index contributed by atoms with van der Waals surface area (Å²) in [4.78, 5) is 14.8. The summed E-state index contributed by atoms with van der Waals surface area (Å²) >= 11 is 5.82. The van der Waals surface area contributed by atoms with Crippen LogP contribution in [0.15, 0.2) is 42.5 Å². The molecular weight excluding hydrogens is 306 g/mol. The lowest BCUT2D eigenvalue weighted by Crippen LogP contribution is -2.03. The number of aryl methyl sites for hydroxylation is 1. The number of ether oxygens (including phenoxy) is 1. The molecule has 0 unspecified atom stereocenters. The number of halogens is 1. The average molecular weight is 318 g/mol. The number of non-ortho nitro benzene ring substituents is 1. The van der Waals surface area contributed by atoms with Crippen LogP contribution in [0, 0.1) is 10.1 Å². The standard InChI is InChI=1S/C15H12ClN3O3/c1-18-14-7-4-11(19(20)21)8-13(14)17-15(18)9-22-12-5-2-10(16)3-6-12/h2-8H,9H2,1H3. The van der Waals surface area contributed by atoms with Gasteiger partial charge in [0.2, 0.25) is 0 Å². The number of nitro benzene ring substituents is 1. The fourth-order valence-electron chi connectivity index (χ4n) is 2.16. The van der Waals surface area contributed by atoms with Gasteiger partial charge in [-0.15, -0.1) is 0 Å². The van der Waals surface area contributed by atoms with Crippen LogP contribution in [0.1, 0.15) is 5.82 Å². The molecule has 0 saturated heterocycles. The van der Waals surface area contributed by atoms with Crippen molar-refractivity contribution in [3.63, 3.8) is 0 Å². The summed E-state index contributed by atoms with van der Waals surface area (Å²) < 4.78 is 7.52. The van der Waals surface area contributed by atoms with Gasteiger partial charge in [0.05, 0.1) is 16.0 Å². The number of aromatic nitrogens is 2. The molecule has 0 aliphatic carbocycles. The minimum absolute atomic E-state index is 0.0239. The van der Waals surface area contributed by atoms with Crippen molar-refractivity contribution in [2.45, 2.75) is 6.61 Å². The van der Waals surface area contributed by atoms with Crippen LogP contribution in [0.5, 0.6) is 5.75 Å². The van der Waals surface area contributed by atoms with Crippen molar-refractivity contribution in [2.24, 2.45) is 7.05 Å². The third kappa shape index (κ3) is 2.73. The second kappa shape index (κ2) is 5.65. The molecule has 0 aliphatic heterocycles. The molecule has 0 atom stereocenters. The van der Waals surface area contributed by atoms with E-state index < -0.39 is 4.92 Å². The Labute approximate surface area is 131 Å². The summed E-state index contributed by atoms with van der Waals surface area (Å²) in [5.41, 5.74) is 1.42. The highest BCUT2D eigenvalue weighted by atomic mass is 35.5. The molecule has 0 spiro atoms. The van der Waals surface area contributed by atoms with Gasteiger partial charge in [-0.3, -0.25) is 10.1 Å². The Morgan fingerprint density at radius 1 is 1.27 bits per heavy atom. The van der Waals surface area contributed by atoms with Gasteiger partial charge in [0.15, 0.2) is 0 Å². The number of nitrogens with zero attached hydrogens (tertiary/aromatic N) is 3. The highest BCUT2D eigenvalue weighted by Crippen LogP contribution is 2.22. The van der Waals surface area contributed by atoms with E-state index in [0.717, 1.165) is 5.52 Å². The van der Waals surface area contributed by atoms with Gasteiger partial charge in [-0.05, 0) is 30.3 Å². The van der Waals surface area contributed by atoms with E-state index in [1.807, 2.05) is 11.6 Å². The van der Waals surface area contributed by atoms with E-state index in [4.69, 9.17) is 16.3 Å². The predicted molar refractivity (Wildman–Crippen MR) is 83.2 cm³/mol. The molecule has 2 aromatic carbocycles. The van der Waals surface area contributed by atoms with Crippen molar-refractivity contribution in [1.29, 1.82) is 0 Å². The summed E-state index contributed by atoms with van der Waals surface area (Å²) in [5.74, 6) is 1.37. The van der Waals surface area contributed by atoms with E-state index >= 15 is 0 Å². The molecule has 0 fully saturated rings. The van der Waals surface area contributed by atoms with Crippen LogP contribution in [0.4, 0.5) is 5.69 Å². The molecule has 0 radical (unpaired) electrons. The Hall–Kier alpha value is -2.60. The minimum atomic E-state index is -0.433. The molecule has 0 aliphatic rings. The van der Waals surface area contributed by atoms with Crippen LogP contribution in [0.25, 0.3) is 11.0 Å². The van der Waals surface area contributed by atoms with Gasteiger partial charge in [0.1, 0.15) is 18.2 Å².